The summed E-state index contributed by atoms with van der Waals surface area (Å²) >= 11 is 0. The van der Waals surface area contributed by atoms with Crippen LogP contribution in [0.4, 0.5) is 0 Å². The van der Waals surface area contributed by atoms with E-state index >= 15 is 0 Å². The van der Waals surface area contributed by atoms with Gasteiger partial charge in [0.25, 0.3) is 0 Å². The highest BCUT2D eigenvalue weighted by Gasteiger charge is 1.88. The van der Waals surface area contributed by atoms with Crippen LogP contribution < -0.4 is 0 Å². The smallest absolute Gasteiger partial charge is 0.0320 e. The van der Waals surface area contributed by atoms with Crippen molar-refractivity contribution in [2.24, 2.45) is 0 Å². The van der Waals surface area contributed by atoms with Crippen LogP contribution in [0, 0.1) is 6.92 Å². The van der Waals surface area contributed by atoms with Gasteiger partial charge in [-0.25, -0.2) is 0 Å². The van der Waals surface area contributed by atoms with E-state index in [4.69, 9.17) is 0 Å². The van der Waals surface area contributed by atoms with Crippen LogP contribution in [0.25, 0.3) is 0 Å². The van der Waals surface area contributed by atoms with Gasteiger partial charge in [0.15, 0.2) is 0 Å². The maximum atomic E-state index is 3.80. The Hall–Kier alpha value is -0.260. The van der Waals surface area contributed by atoms with Gasteiger partial charge in [0.1, 0.15) is 0 Å². The first-order chi connectivity index (χ1) is 3.72. The van der Waals surface area contributed by atoms with Gasteiger partial charge >= 0.3 is 0 Å². The zero-order chi connectivity index (χ0) is 6.57. The van der Waals surface area contributed by atoms with Gasteiger partial charge in [-0.05, 0) is 33.6 Å². The van der Waals surface area contributed by atoms with Gasteiger partial charge in [-0.3, -0.25) is 0 Å². The zero-order valence-electron chi connectivity index (χ0n) is 6.12. The molecule has 0 nitrogen and oxygen atoms in total. The molecule has 1 radical (unpaired) electrons. The molecule has 0 aliphatic heterocycles. The summed E-state index contributed by atoms with van der Waals surface area (Å²) in [7, 11) is 0. The number of rotatable bonds is 2. The summed E-state index contributed by atoms with van der Waals surface area (Å²) in [4.78, 5) is 0. The van der Waals surface area contributed by atoms with Crippen molar-refractivity contribution in [1.82, 2.24) is 0 Å². The SMILES string of the molecule is [CH2]C/C(C)=C(\C)CC. The van der Waals surface area contributed by atoms with Crippen LogP contribution in [-0.4, -0.2) is 0 Å². The van der Waals surface area contributed by atoms with Crippen LogP contribution in [-0.2, 0) is 0 Å². The van der Waals surface area contributed by atoms with E-state index in [2.05, 4.69) is 27.7 Å². The predicted molar refractivity (Wildman–Crippen MR) is 38.6 cm³/mol. The Labute approximate surface area is 52.6 Å². The van der Waals surface area contributed by atoms with Crippen molar-refractivity contribution in [2.75, 3.05) is 0 Å². The Morgan fingerprint density at radius 3 is 1.88 bits per heavy atom. The lowest BCUT2D eigenvalue weighted by molar-refractivity contribution is 1.02. The molecule has 0 aromatic carbocycles. The maximum absolute atomic E-state index is 3.80. The third-order valence-electron chi connectivity index (χ3n) is 1.63. The minimum absolute atomic E-state index is 0.958. The summed E-state index contributed by atoms with van der Waals surface area (Å²) in [6.45, 7) is 10.3. The fourth-order valence-corrected chi connectivity index (χ4v) is 0.515. The van der Waals surface area contributed by atoms with E-state index in [0.29, 0.717) is 0 Å². The lowest BCUT2D eigenvalue weighted by Gasteiger charge is -1.99. The molecule has 0 saturated carbocycles. The quantitative estimate of drug-likeness (QED) is 0.480. The van der Waals surface area contributed by atoms with Gasteiger partial charge < -0.3 is 0 Å². The molecule has 47 valence electrons. The summed E-state index contributed by atoms with van der Waals surface area (Å²) in [6, 6.07) is 0. The third kappa shape index (κ3) is 2.15. The van der Waals surface area contributed by atoms with Crippen molar-refractivity contribution in [3.8, 4) is 0 Å². The summed E-state index contributed by atoms with van der Waals surface area (Å²) < 4.78 is 0. The maximum Gasteiger partial charge on any atom is -0.0320 e. The summed E-state index contributed by atoms with van der Waals surface area (Å²) in [5.41, 5.74) is 2.92. The molecule has 0 heterocycles. The van der Waals surface area contributed by atoms with Gasteiger partial charge in [-0.2, -0.15) is 0 Å². The van der Waals surface area contributed by atoms with E-state index in [1.54, 1.807) is 0 Å². The molecule has 0 aromatic heterocycles. The van der Waals surface area contributed by atoms with Crippen LogP contribution in [0.2, 0.25) is 0 Å². The molecular weight excluding hydrogens is 96.1 g/mol. The Morgan fingerprint density at radius 2 is 1.75 bits per heavy atom. The fourth-order valence-electron chi connectivity index (χ4n) is 0.515. The van der Waals surface area contributed by atoms with E-state index < -0.39 is 0 Å². The number of hydrogen-bond donors (Lipinski definition) is 0. The van der Waals surface area contributed by atoms with E-state index in [1.807, 2.05) is 0 Å². The monoisotopic (exact) mass is 111 g/mol. The van der Waals surface area contributed by atoms with Crippen molar-refractivity contribution in [3.05, 3.63) is 18.1 Å². The second kappa shape index (κ2) is 3.71. The van der Waals surface area contributed by atoms with E-state index in [9.17, 15) is 0 Å². The van der Waals surface area contributed by atoms with Crippen LogP contribution >= 0.6 is 0 Å². The molecule has 0 unspecified atom stereocenters. The molecule has 0 saturated heterocycles. The molecule has 0 heteroatoms. The van der Waals surface area contributed by atoms with Crippen LogP contribution in [0.1, 0.15) is 33.6 Å². The molecule has 0 rings (SSSR count). The topological polar surface area (TPSA) is 0 Å². The molecule has 0 aromatic rings. The van der Waals surface area contributed by atoms with E-state index in [1.165, 1.54) is 17.6 Å². The molecule has 0 aliphatic rings. The van der Waals surface area contributed by atoms with Gasteiger partial charge in [0.05, 0.1) is 0 Å². The standard InChI is InChI=1S/C8H15/c1-5-7(3)8(4)6-2/h1,5-6H2,2-4H3/b8-7+. The Bertz CT molecular complexity index is 76.2. The lowest BCUT2D eigenvalue weighted by Crippen LogP contribution is -1.78. The van der Waals surface area contributed by atoms with Crippen molar-refractivity contribution >= 4 is 0 Å². The summed E-state index contributed by atoms with van der Waals surface area (Å²) in [6.07, 6.45) is 2.13. The highest BCUT2D eigenvalue weighted by Crippen LogP contribution is 2.08. The minimum Gasteiger partial charge on any atom is -0.0747 e. The minimum atomic E-state index is 0.958. The molecule has 0 fully saturated rings. The molecule has 0 N–H and O–H groups in total. The Morgan fingerprint density at radius 1 is 1.25 bits per heavy atom. The highest BCUT2D eigenvalue weighted by atomic mass is 13.9. The first-order valence-electron chi connectivity index (χ1n) is 3.16. The first kappa shape index (κ1) is 7.74. The van der Waals surface area contributed by atoms with Crippen molar-refractivity contribution in [3.63, 3.8) is 0 Å². The Kier molecular flexibility index (Phi) is 3.59. The van der Waals surface area contributed by atoms with Gasteiger partial charge in [-0.1, -0.05) is 18.1 Å². The lowest BCUT2D eigenvalue weighted by atomic mass is 10.1. The fraction of sp³-hybridized carbons (Fsp3) is 0.625. The predicted octanol–water partition coefficient (Wildman–Crippen LogP) is 2.96. The molecule has 0 aliphatic carbocycles. The van der Waals surface area contributed by atoms with Crippen molar-refractivity contribution < 1.29 is 0 Å². The van der Waals surface area contributed by atoms with Crippen LogP contribution in [0.3, 0.4) is 0 Å². The second-order valence-electron chi connectivity index (χ2n) is 2.16. The highest BCUT2D eigenvalue weighted by molar-refractivity contribution is 5.08. The normalized spacial score (nSPS) is 13.5. The van der Waals surface area contributed by atoms with Crippen LogP contribution in [0.15, 0.2) is 11.1 Å². The largest absolute Gasteiger partial charge is 0.0747 e. The molecule has 0 spiro atoms. The number of allylic oxidation sites excluding steroid dienone is 2. The Balaban J connectivity index is 3.83. The second-order valence-corrected chi connectivity index (χ2v) is 2.16. The average molecular weight is 111 g/mol. The molecule has 0 bridgehead atoms. The van der Waals surface area contributed by atoms with Gasteiger partial charge in [0.2, 0.25) is 0 Å². The van der Waals surface area contributed by atoms with Crippen LogP contribution in [0.5, 0.6) is 0 Å². The summed E-state index contributed by atoms with van der Waals surface area (Å²) in [5, 5.41) is 0. The first-order valence-corrected chi connectivity index (χ1v) is 3.16. The van der Waals surface area contributed by atoms with Crippen molar-refractivity contribution in [1.29, 1.82) is 0 Å². The molecule has 0 amide bonds. The number of hydrogen-bond acceptors (Lipinski definition) is 0. The third-order valence-corrected chi connectivity index (χ3v) is 1.63. The van der Waals surface area contributed by atoms with Gasteiger partial charge in [-0.15, -0.1) is 0 Å². The van der Waals surface area contributed by atoms with Crippen molar-refractivity contribution in [2.45, 2.75) is 33.6 Å². The van der Waals surface area contributed by atoms with E-state index in [-0.39, 0.29) is 0 Å². The average Bonchev–Trinajstić information content (AvgIpc) is 1.84. The summed E-state index contributed by atoms with van der Waals surface area (Å²) in [5.74, 6) is 0. The van der Waals surface area contributed by atoms with Gasteiger partial charge in [0, 0.05) is 0 Å². The van der Waals surface area contributed by atoms with E-state index in [0.717, 1.165) is 6.42 Å². The molecule has 8 heavy (non-hydrogen) atoms. The zero-order valence-corrected chi connectivity index (χ0v) is 6.12. The molecule has 0 atom stereocenters. The molecular formula is C8H15.